The number of aromatic nitrogens is 2. The first-order chi connectivity index (χ1) is 6.54. The van der Waals surface area contributed by atoms with Crippen LogP contribution in [-0.2, 0) is 0 Å². The van der Waals surface area contributed by atoms with Gasteiger partial charge in [0.15, 0.2) is 11.4 Å². The molecule has 0 saturated heterocycles. The fraction of sp³-hybridized carbons (Fsp3) is 0.143. The molecule has 0 radical (unpaired) electrons. The summed E-state index contributed by atoms with van der Waals surface area (Å²) in [4.78, 5) is 27.9. The predicted octanol–water partition coefficient (Wildman–Crippen LogP) is -0.118. The van der Waals surface area contributed by atoms with Gasteiger partial charge in [0.2, 0.25) is 0 Å². The third-order valence-corrected chi connectivity index (χ3v) is 1.33. The number of hydrogen-bond acceptors (Lipinski definition) is 5. The lowest BCUT2D eigenvalue weighted by Gasteiger charge is -2.00. The molecular weight excluding hydrogens is 192 g/mol. The summed E-state index contributed by atoms with van der Waals surface area (Å²) in [5, 5.41) is 17.1. The molecule has 74 valence electrons. The largest absolute Gasteiger partial charge is 0.477 e. The van der Waals surface area contributed by atoms with Crippen molar-refractivity contribution in [2.24, 2.45) is 0 Å². The predicted molar refractivity (Wildman–Crippen MR) is 42.5 cm³/mol. The third-order valence-electron chi connectivity index (χ3n) is 1.33. The minimum Gasteiger partial charge on any atom is -0.477 e. The zero-order valence-electron chi connectivity index (χ0n) is 7.09. The number of carbonyl (C=O) groups is 2. The number of carboxylic acids is 2. The van der Waals surface area contributed by atoms with Gasteiger partial charge in [-0.2, -0.15) is 9.97 Å². The lowest BCUT2D eigenvalue weighted by molar-refractivity contribution is 0.0686. The van der Waals surface area contributed by atoms with Gasteiger partial charge in [-0.05, 0) is 0 Å². The van der Waals surface area contributed by atoms with Gasteiger partial charge in [-0.1, -0.05) is 0 Å². The van der Waals surface area contributed by atoms with E-state index in [0.29, 0.717) is 0 Å². The molecule has 1 rings (SSSR count). The lowest BCUT2D eigenvalue weighted by atomic mass is 10.3. The molecule has 1 heterocycles. The highest BCUT2D eigenvalue weighted by molar-refractivity contribution is 5.91. The molecule has 1 aromatic rings. The highest BCUT2D eigenvalue weighted by atomic mass is 16.5. The minimum atomic E-state index is -1.34. The smallest absolute Gasteiger partial charge is 0.354 e. The summed E-state index contributed by atoms with van der Waals surface area (Å²) in [6, 6.07) is 0.565. The van der Waals surface area contributed by atoms with Crippen molar-refractivity contribution in [3.63, 3.8) is 0 Å². The zero-order valence-corrected chi connectivity index (χ0v) is 7.09. The molecule has 14 heavy (non-hydrogen) atoms. The van der Waals surface area contributed by atoms with E-state index in [1.54, 1.807) is 0 Å². The molecule has 0 aromatic carbocycles. The summed E-state index contributed by atoms with van der Waals surface area (Å²) < 4.78 is 4.55. The molecule has 0 spiro atoms. The fourth-order valence-corrected chi connectivity index (χ4v) is 0.736. The Morgan fingerprint density at radius 1 is 1.21 bits per heavy atom. The maximum Gasteiger partial charge on any atom is 0.354 e. The maximum absolute atomic E-state index is 10.5. The number of ether oxygens (including phenoxy) is 1. The van der Waals surface area contributed by atoms with Crippen molar-refractivity contribution in [3.8, 4) is 6.01 Å². The summed E-state index contributed by atoms with van der Waals surface area (Å²) >= 11 is 0. The fourth-order valence-electron chi connectivity index (χ4n) is 0.736. The quantitative estimate of drug-likeness (QED) is 0.696. The highest BCUT2D eigenvalue weighted by Gasteiger charge is 2.14. The van der Waals surface area contributed by atoms with Crippen LogP contribution >= 0.6 is 0 Å². The minimum absolute atomic E-state index is 0.290. The standard InChI is InChI=1S/C7H6N2O5/c1-14-7-8-3(5(10)11)2-4(9-7)6(12)13/h2H,1H3,(H,10,11)(H,12,13). The molecule has 0 unspecified atom stereocenters. The number of methoxy groups -OCH3 is 1. The average molecular weight is 198 g/mol. The van der Waals surface area contributed by atoms with Crippen LogP contribution in [0.2, 0.25) is 0 Å². The molecule has 0 bridgehead atoms. The molecule has 0 aliphatic rings. The van der Waals surface area contributed by atoms with Crippen LogP contribution in [0.15, 0.2) is 6.07 Å². The van der Waals surface area contributed by atoms with Crippen LogP contribution in [0.1, 0.15) is 21.0 Å². The van der Waals surface area contributed by atoms with Gasteiger partial charge in [0.25, 0.3) is 0 Å². The van der Waals surface area contributed by atoms with Gasteiger partial charge >= 0.3 is 17.9 Å². The van der Waals surface area contributed by atoms with Gasteiger partial charge < -0.3 is 14.9 Å². The second kappa shape index (κ2) is 3.69. The molecular formula is C7H6N2O5. The lowest BCUT2D eigenvalue weighted by Crippen LogP contribution is -2.09. The van der Waals surface area contributed by atoms with E-state index in [4.69, 9.17) is 10.2 Å². The first-order valence-electron chi connectivity index (χ1n) is 3.44. The molecule has 1 aromatic heterocycles. The molecule has 0 amide bonds. The van der Waals surface area contributed by atoms with Crippen LogP contribution in [0.3, 0.4) is 0 Å². The van der Waals surface area contributed by atoms with Crippen molar-refractivity contribution in [2.75, 3.05) is 7.11 Å². The summed E-state index contributed by atoms with van der Waals surface area (Å²) in [6.07, 6.45) is 0. The van der Waals surface area contributed by atoms with E-state index in [1.165, 1.54) is 7.11 Å². The Bertz CT molecular complexity index is 357. The van der Waals surface area contributed by atoms with Gasteiger partial charge in [-0.3, -0.25) is 0 Å². The van der Waals surface area contributed by atoms with Crippen molar-refractivity contribution < 1.29 is 24.5 Å². The molecule has 2 N–H and O–H groups in total. The third kappa shape index (κ3) is 1.94. The molecule has 7 nitrogen and oxygen atoms in total. The van der Waals surface area contributed by atoms with Crippen LogP contribution in [0, 0.1) is 0 Å². The van der Waals surface area contributed by atoms with Gasteiger partial charge in [-0.25, -0.2) is 9.59 Å². The summed E-state index contributed by atoms with van der Waals surface area (Å²) in [5.74, 6) is -2.68. The molecule has 7 heteroatoms. The van der Waals surface area contributed by atoms with Crippen LogP contribution in [0.4, 0.5) is 0 Å². The normalized spacial score (nSPS) is 9.50. The van der Waals surface area contributed by atoms with Crippen molar-refractivity contribution in [2.45, 2.75) is 0 Å². The first-order valence-corrected chi connectivity index (χ1v) is 3.44. The van der Waals surface area contributed by atoms with E-state index >= 15 is 0 Å². The van der Waals surface area contributed by atoms with E-state index < -0.39 is 23.3 Å². The number of carboxylic acid groups (broad SMARTS) is 2. The number of nitrogens with zero attached hydrogens (tertiary/aromatic N) is 2. The van der Waals surface area contributed by atoms with Gasteiger partial charge in [-0.15, -0.1) is 0 Å². The number of hydrogen-bond donors (Lipinski definition) is 2. The summed E-state index contributed by atoms with van der Waals surface area (Å²) in [6.45, 7) is 0. The highest BCUT2D eigenvalue weighted by Crippen LogP contribution is 2.07. The number of rotatable bonds is 3. The SMILES string of the molecule is COc1nc(C(=O)O)cc(C(=O)O)n1. The summed E-state index contributed by atoms with van der Waals surface area (Å²) in [5.41, 5.74) is -0.844. The zero-order chi connectivity index (χ0) is 10.7. The number of aromatic carboxylic acids is 2. The van der Waals surface area contributed by atoms with E-state index in [0.717, 1.165) is 6.07 Å². The molecule has 0 saturated carbocycles. The van der Waals surface area contributed by atoms with E-state index in [2.05, 4.69) is 14.7 Å². The Balaban J connectivity index is 3.27. The van der Waals surface area contributed by atoms with Gasteiger partial charge in [0, 0.05) is 6.07 Å². The van der Waals surface area contributed by atoms with Crippen LogP contribution in [0.25, 0.3) is 0 Å². The second-order valence-corrected chi connectivity index (χ2v) is 2.24. The Kier molecular flexibility index (Phi) is 2.61. The molecule has 0 atom stereocenters. The molecule has 0 fully saturated rings. The van der Waals surface area contributed by atoms with E-state index in [1.807, 2.05) is 0 Å². The Labute approximate surface area is 78.0 Å². The van der Waals surface area contributed by atoms with Crippen molar-refractivity contribution in [1.29, 1.82) is 0 Å². The molecule has 0 aliphatic carbocycles. The van der Waals surface area contributed by atoms with Crippen molar-refractivity contribution >= 4 is 11.9 Å². The monoisotopic (exact) mass is 198 g/mol. The first kappa shape index (κ1) is 9.90. The summed E-state index contributed by atoms with van der Waals surface area (Å²) in [7, 11) is 1.21. The van der Waals surface area contributed by atoms with Crippen LogP contribution < -0.4 is 4.74 Å². The van der Waals surface area contributed by atoms with Crippen molar-refractivity contribution in [1.82, 2.24) is 9.97 Å². The second-order valence-electron chi connectivity index (χ2n) is 2.24. The Morgan fingerprint density at radius 3 is 1.93 bits per heavy atom. The van der Waals surface area contributed by atoms with E-state index in [9.17, 15) is 9.59 Å². The molecule has 0 aliphatic heterocycles. The Hall–Kier alpha value is -2.18. The van der Waals surface area contributed by atoms with Gasteiger partial charge in [0.05, 0.1) is 7.11 Å². The Morgan fingerprint density at radius 2 is 1.64 bits per heavy atom. The van der Waals surface area contributed by atoms with Gasteiger partial charge in [0.1, 0.15) is 0 Å². The van der Waals surface area contributed by atoms with E-state index in [-0.39, 0.29) is 6.01 Å². The van der Waals surface area contributed by atoms with Crippen LogP contribution in [0.5, 0.6) is 6.01 Å². The maximum atomic E-state index is 10.5. The van der Waals surface area contributed by atoms with Crippen LogP contribution in [-0.4, -0.2) is 39.2 Å². The van der Waals surface area contributed by atoms with Crippen molar-refractivity contribution in [3.05, 3.63) is 17.5 Å². The topological polar surface area (TPSA) is 110 Å². The average Bonchev–Trinajstić information content (AvgIpc) is 2.16.